The monoisotopic (exact) mass is 236 g/mol. The smallest absolute Gasteiger partial charge is 0.141 e. The molecular weight excluding hydrogens is 215 g/mol. The SMILES string of the molecule is C[C@H](NCc1cncc(F)c1)C1CCCCC1. The van der Waals surface area contributed by atoms with Crippen LogP contribution < -0.4 is 5.32 Å². The largest absolute Gasteiger partial charge is 0.310 e. The molecule has 3 heteroatoms. The predicted octanol–water partition coefficient (Wildman–Crippen LogP) is 3.28. The number of rotatable bonds is 4. The molecule has 94 valence electrons. The van der Waals surface area contributed by atoms with Gasteiger partial charge in [-0.1, -0.05) is 19.3 Å². The molecule has 1 fully saturated rings. The number of hydrogen-bond acceptors (Lipinski definition) is 2. The van der Waals surface area contributed by atoms with E-state index in [1.165, 1.54) is 38.3 Å². The molecule has 1 atom stereocenters. The van der Waals surface area contributed by atoms with Crippen molar-refractivity contribution in [3.63, 3.8) is 0 Å². The van der Waals surface area contributed by atoms with E-state index in [1.807, 2.05) is 0 Å². The number of nitrogens with zero attached hydrogens (tertiary/aromatic N) is 1. The number of hydrogen-bond donors (Lipinski definition) is 1. The highest BCUT2D eigenvalue weighted by Crippen LogP contribution is 2.26. The van der Waals surface area contributed by atoms with Gasteiger partial charge < -0.3 is 5.32 Å². The number of pyridine rings is 1. The maximum absolute atomic E-state index is 13.0. The average molecular weight is 236 g/mol. The average Bonchev–Trinajstić information content (AvgIpc) is 2.37. The van der Waals surface area contributed by atoms with Crippen molar-refractivity contribution in [2.75, 3.05) is 0 Å². The standard InChI is InChI=1S/C14H21FN2/c1-11(13-5-3-2-4-6-13)17-9-12-7-14(15)10-16-8-12/h7-8,10-11,13,17H,2-6,9H2,1H3/t11-/m0/s1. The van der Waals surface area contributed by atoms with Gasteiger partial charge in [0.1, 0.15) is 5.82 Å². The molecule has 1 aliphatic carbocycles. The zero-order valence-electron chi connectivity index (χ0n) is 10.5. The quantitative estimate of drug-likeness (QED) is 0.867. The van der Waals surface area contributed by atoms with Crippen molar-refractivity contribution in [3.8, 4) is 0 Å². The Hall–Kier alpha value is -0.960. The van der Waals surface area contributed by atoms with Gasteiger partial charge in [-0.2, -0.15) is 0 Å². The van der Waals surface area contributed by atoms with Crippen LogP contribution in [0.4, 0.5) is 4.39 Å². The first-order valence-corrected chi connectivity index (χ1v) is 6.58. The zero-order chi connectivity index (χ0) is 12.1. The van der Waals surface area contributed by atoms with E-state index >= 15 is 0 Å². The summed E-state index contributed by atoms with van der Waals surface area (Å²) in [7, 11) is 0. The van der Waals surface area contributed by atoms with Crippen LogP contribution in [0, 0.1) is 11.7 Å². The van der Waals surface area contributed by atoms with Crippen LogP contribution in [0.1, 0.15) is 44.6 Å². The van der Waals surface area contributed by atoms with Gasteiger partial charge in [-0.05, 0) is 37.3 Å². The molecule has 0 aliphatic heterocycles. The Balaban J connectivity index is 1.80. The molecule has 0 amide bonds. The van der Waals surface area contributed by atoms with E-state index in [1.54, 1.807) is 12.3 Å². The Bertz CT molecular complexity index is 348. The lowest BCUT2D eigenvalue weighted by Crippen LogP contribution is -2.34. The summed E-state index contributed by atoms with van der Waals surface area (Å²) in [5.41, 5.74) is 0.924. The summed E-state index contributed by atoms with van der Waals surface area (Å²) in [6.45, 7) is 2.95. The van der Waals surface area contributed by atoms with Crippen LogP contribution in [0.15, 0.2) is 18.5 Å². The first kappa shape index (κ1) is 12.5. The minimum absolute atomic E-state index is 0.255. The molecule has 1 N–H and O–H groups in total. The normalized spacial score (nSPS) is 19.2. The van der Waals surface area contributed by atoms with E-state index in [9.17, 15) is 4.39 Å². The minimum Gasteiger partial charge on any atom is -0.310 e. The molecule has 0 unspecified atom stereocenters. The number of nitrogens with one attached hydrogen (secondary N) is 1. The van der Waals surface area contributed by atoms with Gasteiger partial charge in [-0.25, -0.2) is 4.39 Å². The van der Waals surface area contributed by atoms with Crippen LogP contribution in [-0.2, 0) is 6.54 Å². The molecule has 1 aromatic rings. The molecular formula is C14H21FN2. The van der Waals surface area contributed by atoms with Gasteiger partial charge in [0, 0.05) is 18.8 Å². The van der Waals surface area contributed by atoms with Crippen LogP contribution in [0.2, 0.25) is 0 Å². The Kier molecular flexibility index (Phi) is 4.49. The Morgan fingerprint density at radius 1 is 1.35 bits per heavy atom. The fourth-order valence-corrected chi connectivity index (χ4v) is 2.63. The molecule has 1 heterocycles. The fourth-order valence-electron chi connectivity index (χ4n) is 2.63. The van der Waals surface area contributed by atoms with Crippen molar-refractivity contribution in [3.05, 3.63) is 29.8 Å². The first-order valence-electron chi connectivity index (χ1n) is 6.58. The molecule has 0 aromatic carbocycles. The lowest BCUT2D eigenvalue weighted by molar-refractivity contribution is 0.280. The van der Waals surface area contributed by atoms with E-state index in [0.29, 0.717) is 12.6 Å². The van der Waals surface area contributed by atoms with Crippen LogP contribution in [0.25, 0.3) is 0 Å². The fraction of sp³-hybridized carbons (Fsp3) is 0.643. The minimum atomic E-state index is -0.255. The van der Waals surface area contributed by atoms with Crippen LogP contribution in [0.5, 0.6) is 0 Å². The lowest BCUT2D eigenvalue weighted by atomic mass is 9.84. The third kappa shape index (κ3) is 3.77. The third-order valence-corrected chi connectivity index (χ3v) is 3.75. The van der Waals surface area contributed by atoms with Crippen LogP contribution >= 0.6 is 0 Å². The lowest BCUT2D eigenvalue weighted by Gasteiger charge is -2.28. The summed E-state index contributed by atoms with van der Waals surface area (Å²) < 4.78 is 13.0. The predicted molar refractivity (Wildman–Crippen MR) is 67.1 cm³/mol. The highest BCUT2D eigenvalue weighted by Gasteiger charge is 2.19. The van der Waals surface area contributed by atoms with Crippen molar-refractivity contribution in [2.24, 2.45) is 5.92 Å². The van der Waals surface area contributed by atoms with Crippen molar-refractivity contribution in [2.45, 2.75) is 51.6 Å². The van der Waals surface area contributed by atoms with Gasteiger partial charge in [0.05, 0.1) is 6.20 Å². The van der Waals surface area contributed by atoms with Crippen molar-refractivity contribution < 1.29 is 4.39 Å². The van der Waals surface area contributed by atoms with E-state index < -0.39 is 0 Å². The molecule has 0 spiro atoms. The summed E-state index contributed by atoms with van der Waals surface area (Å²) in [6.07, 6.45) is 9.73. The van der Waals surface area contributed by atoms with Gasteiger partial charge in [0.2, 0.25) is 0 Å². The van der Waals surface area contributed by atoms with E-state index in [2.05, 4.69) is 17.2 Å². The zero-order valence-corrected chi connectivity index (χ0v) is 10.5. The molecule has 2 nitrogen and oxygen atoms in total. The highest BCUT2D eigenvalue weighted by molar-refractivity contribution is 5.09. The molecule has 17 heavy (non-hydrogen) atoms. The van der Waals surface area contributed by atoms with Crippen molar-refractivity contribution in [1.82, 2.24) is 10.3 Å². The van der Waals surface area contributed by atoms with E-state index in [0.717, 1.165) is 11.5 Å². The summed E-state index contributed by atoms with van der Waals surface area (Å²) in [6, 6.07) is 2.06. The highest BCUT2D eigenvalue weighted by atomic mass is 19.1. The van der Waals surface area contributed by atoms with Crippen LogP contribution in [0.3, 0.4) is 0 Å². The molecule has 0 saturated heterocycles. The van der Waals surface area contributed by atoms with Gasteiger partial charge in [0.25, 0.3) is 0 Å². The molecule has 2 rings (SSSR count). The third-order valence-electron chi connectivity index (χ3n) is 3.75. The summed E-state index contributed by atoms with van der Waals surface area (Å²) >= 11 is 0. The van der Waals surface area contributed by atoms with Gasteiger partial charge >= 0.3 is 0 Å². The summed E-state index contributed by atoms with van der Waals surface area (Å²) in [5, 5.41) is 3.49. The molecule has 1 aromatic heterocycles. The Morgan fingerprint density at radius 2 is 2.12 bits per heavy atom. The maximum Gasteiger partial charge on any atom is 0.141 e. The van der Waals surface area contributed by atoms with Crippen LogP contribution in [-0.4, -0.2) is 11.0 Å². The van der Waals surface area contributed by atoms with E-state index in [-0.39, 0.29) is 5.82 Å². The second-order valence-corrected chi connectivity index (χ2v) is 5.08. The molecule has 1 saturated carbocycles. The Morgan fingerprint density at radius 3 is 2.82 bits per heavy atom. The summed E-state index contributed by atoms with van der Waals surface area (Å²) in [5.74, 6) is 0.528. The van der Waals surface area contributed by atoms with E-state index in [4.69, 9.17) is 0 Å². The van der Waals surface area contributed by atoms with Gasteiger partial charge in [-0.15, -0.1) is 0 Å². The number of aromatic nitrogens is 1. The van der Waals surface area contributed by atoms with Crippen molar-refractivity contribution >= 4 is 0 Å². The second-order valence-electron chi connectivity index (χ2n) is 5.08. The molecule has 1 aliphatic rings. The second kappa shape index (κ2) is 6.10. The number of halogens is 1. The molecule has 0 radical (unpaired) electrons. The Labute approximate surface area is 103 Å². The maximum atomic E-state index is 13.0. The first-order chi connectivity index (χ1) is 8.25. The topological polar surface area (TPSA) is 24.9 Å². The van der Waals surface area contributed by atoms with Gasteiger partial charge in [0.15, 0.2) is 0 Å². The van der Waals surface area contributed by atoms with Gasteiger partial charge in [-0.3, -0.25) is 4.98 Å². The summed E-state index contributed by atoms with van der Waals surface area (Å²) in [4.78, 5) is 3.86. The molecule has 0 bridgehead atoms. The van der Waals surface area contributed by atoms with Crippen molar-refractivity contribution in [1.29, 1.82) is 0 Å².